The zero-order valence-corrected chi connectivity index (χ0v) is 17.5. The third-order valence-electron chi connectivity index (χ3n) is 5.49. The maximum Gasteiger partial charge on any atom is 0.0531 e. The van der Waals surface area contributed by atoms with E-state index < -0.39 is 0 Å². The number of allylic oxidation sites excluding steroid dienone is 5. The van der Waals surface area contributed by atoms with E-state index in [1.165, 1.54) is 38.9 Å². The number of nitrogens with zero attached hydrogens (tertiary/aromatic N) is 2. The summed E-state index contributed by atoms with van der Waals surface area (Å²) in [5.41, 5.74) is 7.60. The molecule has 27 heavy (non-hydrogen) atoms. The minimum atomic E-state index is 0.758. The lowest BCUT2D eigenvalue weighted by Gasteiger charge is -2.15. The fourth-order valence-electron chi connectivity index (χ4n) is 3.98. The lowest BCUT2D eigenvalue weighted by Crippen LogP contribution is -2.12. The van der Waals surface area contributed by atoms with Crippen molar-refractivity contribution in [2.24, 2.45) is 0 Å². The Bertz CT molecular complexity index is 1030. The fourth-order valence-corrected chi connectivity index (χ4v) is 4.61. The summed E-state index contributed by atoms with van der Waals surface area (Å²) in [5, 5.41) is 2.94. The molecule has 0 amide bonds. The van der Waals surface area contributed by atoms with Gasteiger partial charge in [-0.05, 0) is 74.1 Å². The Labute approximate surface area is 171 Å². The van der Waals surface area contributed by atoms with Crippen LogP contribution in [0.5, 0.6) is 0 Å². The van der Waals surface area contributed by atoms with E-state index in [4.69, 9.17) is 23.2 Å². The Morgan fingerprint density at radius 2 is 1.96 bits per heavy atom. The first kappa shape index (κ1) is 18.5. The number of halogens is 2. The predicted molar refractivity (Wildman–Crippen MR) is 118 cm³/mol. The number of aryl methyl sites for hydroxylation is 1. The van der Waals surface area contributed by atoms with Gasteiger partial charge >= 0.3 is 0 Å². The van der Waals surface area contributed by atoms with Crippen molar-refractivity contribution in [3.8, 4) is 0 Å². The van der Waals surface area contributed by atoms with Crippen molar-refractivity contribution in [1.29, 1.82) is 0 Å². The molecule has 2 nitrogen and oxygen atoms in total. The minimum absolute atomic E-state index is 0.758. The standard InChI is InChI=1S/C23H24Cl2N2/c1-15-4-7-22-20(12-15)19-8-10-26(3)11-9-23(19)27(22)14-16(2)18-6-5-17(24)13-21(18)25/h4,7,9,11-14H,5-6,8,10H2,1-3H3/b16-14-. The lowest BCUT2D eigenvalue weighted by atomic mass is 9.98. The molecule has 0 unspecified atom stereocenters. The SMILES string of the molecule is C/C(=C/n1c2c(c3cc(C)ccc31)CCN(C)C=C2)C1=C(Cl)C=C(Cl)CC1. The van der Waals surface area contributed by atoms with Gasteiger partial charge in [-0.3, -0.25) is 0 Å². The monoisotopic (exact) mass is 398 g/mol. The van der Waals surface area contributed by atoms with Gasteiger partial charge in [-0.2, -0.15) is 0 Å². The molecule has 0 saturated heterocycles. The van der Waals surface area contributed by atoms with Gasteiger partial charge < -0.3 is 9.47 Å². The Hall–Kier alpha value is -1.90. The van der Waals surface area contributed by atoms with Crippen molar-refractivity contribution < 1.29 is 0 Å². The third-order valence-corrected chi connectivity index (χ3v) is 6.13. The maximum atomic E-state index is 6.49. The van der Waals surface area contributed by atoms with Gasteiger partial charge in [-0.1, -0.05) is 34.8 Å². The molecule has 2 heterocycles. The van der Waals surface area contributed by atoms with Crippen molar-refractivity contribution in [3.05, 3.63) is 68.5 Å². The summed E-state index contributed by atoms with van der Waals surface area (Å²) in [7, 11) is 2.13. The molecule has 1 aromatic heterocycles. The van der Waals surface area contributed by atoms with Crippen LogP contribution in [-0.4, -0.2) is 23.1 Å². The highest BCUT2D eigenvalue weighted by Gasteiger charge is 2.18. The highest BCUT2D eigenvalue weighted by molar-refractivity contribution is 6.35. The molecular formula is C23H24Cl2N2. The van der Waals surface area contributed by atoms with E-state index in [1.54, 1.807) is 0 Å². The summed E-state index contributed by atoms with van der Waals surface area (Å²) in [4.78, 5) is 2.25. The average molecular weight is 399 g/mol. The summed E-state index contributed by atoms with van der Waals surface area (Å²) in [6.07, 6.45) is 11.3. The van der Waals surface area contributed by atoms with Crippen LogP contribution in [0.25, 0.3) is 23.2 Å². The zero-order chi connectivity index (χ0) is 19.1. The quantitative estimate of drug-likeness (QED) is 0.547. The number of hydrogen-bond donors (Lipinski definition) is 0. The van der Waals surface area contributed by atoms with Crippen molar-refractivity contribution in [1.82, 2.24) is 9.47 Å². The second-order valence-corrected chi connectivity index (χ2v) is 8.42. The first-order valence-electron chi connectivity index (χ1n) is 9.39. The molecule has 4 heteroatoms. The molecule has 0 fully saturated rings. The molecule has 2 aromatic rings. The molecule has 0 spiro atoms. The van der Waals surface area contributed by atoms with Crippen LogP contribution in [0.3, 0.4) is 0 Å². The van der Waals surface area contributed by atoms with Gasteiger partial charge in [0.25, 0.3) is 0 Å². The van der Waals surface area contributed by atoms with Gasteiger partial charge in [0, 0.05) is 41.4 Å². The molecule has 0 atom stereocenters. The molecule has 0 bridgehead atoms. The average Bonchev–Trinajstić information content (AvgIpc) is 2.75. The molecular weight excluding hydrogens is 375 g/mol. The second-order valence-electron chi connectivity index (χ2n) is 7.53. The van der Waals surface area contributed by atoms with Gasteiger partial charge in [0.05, 0.1) is 11.2 Å². The van der Waals surface area contributed by atoms with E-state index >= 15 is 0 Å². The molecule has 0 N–H and O–H groups in total. The summed E-state index contributed by atoms with van der Waals surface area (Å²) >= 11 is 12.6. The Morgan fingerprint density at radius 3 is 2.74 bits per heavy atom. The number of hydrogen-bond acceptors (Lipinski definition) is 1. The van der Waals surface area contributed by atoms with Gasteiger partial charge in [0.2, 0.25) is 0 Å². The molecule has 2 aliphatic rings. The van der Waals surface area contributed by atoms with Crippen molar-refractivity contribution in [2.75, 3.05) is 13.6 Å². The normalized spacial score (nSPS) is 18.0. The third kappa shape index (κ3) is 3.49. The largest absolute Gasteiger partial charge is 0.380 e. The van der Waals surface area contributed by atoms with E-state index in [0.717, 1.165) is 35.9 Å². The fraction of sp³-hybridized carbons (Fsp3) is 0.304. The van der Waals surface area contributed by atoms with Crippen LogP contribution >= 0.6 is 23.2 Å². The van der Waals surface area contributed by atoms with Crippen LogP contribution < -0.4 is 0 Å². The van der Waals surface area contributed by atoms with Gasteiger partial charge in [-0.15, -0.1) is 0 Å². The second kappa shape index (κ2) is 7.26. The topological polar surface area (TPSA) is 8.17 Å². The number of aromatic nitrogens is 1. The molecule has 0 saturated carbocycles. The van der Waals surface area contributed by atoms with Crippen LogP contribution in [0.2, 0.25) is 0 Å². The predicted octanol–water partition coefficient (Wildman–Crippen LogP) is 6.68. The van der Waals surface area contributed by atoms with E-state index in [-0.39, 0.29) is 0 Å². The number of rotatable bonds is 2. The molecule has 1 aliphatic heterocycles. The first-order valence-corrected chi connectivity index (χ1v) is 10.1. The molecule has 140 valence electrons. The smallest absolute Gasteiger partial charge is 0.0531 e. The minimum Gasteiger partial charge on any atom is -0.380 e. The number of fused-ring (bicyclic) bond motifs is 3. The van der Waals surface area contributed by atoms with Gasteiger partial charge in [0.1, 0.15) is 0 Å². The summed E-state index contributed by atoms with van der Waals surface area (Å²) in [6, 6.07) is 6.73. The number of likely N-dealkylation sites (N-methyl/N-ethyl adjacent to an activating group) is 1. The highest BCUT2D eigenvalue weighted by atomic mass is 35.5. The molecule has 4 rings (SSSR count). The van der Waals surface area contributed by atoms with E-state index in [2.05, 4.69) is 67.0 Å². The molecule has 1 aliphatic carbocycles. The van der Waals surface area contributed by atoms with Crippen LogP contribution in [0.15, 0.2) is 51.7 Å². The maximum absolute atomic E-state index is 6.49. The van der Waals surface area contributed by atoms with Crippen molar-refractivity contribution in [3.63, 3.8) is 0 Å². The van der Waals surface area contributed by atoms with Gasteiger partial charge in [0.15, 0.2) is 0 Å². The van der Waals surface area contributed by atoms with Gasteiger partial charge in [-0.25, -0.2) is 0 Å². The Balaban J connectivity index is 1.91. The zero-order valence-electron chi connectivity index (χ0n) is 16.0. The summed E-state index contributed by atoms with van der Waals surface area (Å²) in [5.74, 6) is 0. The van der Waals surface area contributed by atoms with E-state index in [0.29, 0.717) is 0 Å². The molecule has 1 aromatic carbocycles. The first-order chi connectivity index (χ1) is 12.9. The van der Waals surface area contributed by atoms with Crippen LogP contribution in [0.4, 0.5) is 0 Å². The summed E-state index contributed by atoms with van der Waals surface area (Å²) < 4.78 is 2.33. The van der Waals surface area contributed by atoms with E-state index in [9.17, 15) is 0 Å². The van der Waals surface area contributed by atoms with Crippen molar-refractivity contribution >= 4 is 46.4 Å². The van der Waals surface area contributed by atoms with Crippen LogP contribution in [0.1, 0.15) is 36.6 Å². The lowest BCUT2D eigenvalue weighted by molar-refractivity contribution is 0.467. The Kier molecular flexibility index (Phi) is 4.96. The highest BCUT2D eigenvalue weighted by Crippen LogP contribution is 2.35. The molecule has 0 radical (unpaired) electrons. The number of benzene rings is 1. The Morgan fingerprint density at radius 1 is 1.15 bits per heavy atom. The summed E-state index contributed by atoms with van der Waals surface area (Å²) in [6.45, 7) is 5.33. The van der Waals surface area contributed by atoms with Crippen LogP contribution in [-0.2, 0) is 6.42 Å². The van der Waals surface area contributed by atoms with Crippen molar-refractivity contribution in [2.45, 2.75) is 33.1 Å². The van der Waals surface area contributed by atoms with Crippen LogP contribution in [0, 0.1) is 6.92 Å². The van der Waals surface area contributed by atoms with E-state index in [1.807, 2.05) is 6.08 Å².